The maximum Gasteiger partial charge on any atom is 0.328 e. The first-order valence-electron chi connectivity index (χ1n) is 4.72. The molecular weight excluding hydrogens is 216 g/mol. The number of aliphatic carboxylic acids is 1. The van der Waals surface area contributed by atoms with Crippen LogP contribution in [0.4, 0.5) is 4.79 Å². The molecule has 0 aliphatic carbocycles. The molecule has 0 aliphatic rings. The Kier molecular flexibility index (Phi) is 5.91. The summed E-state index contributed by atoms with van der Waals surface area (Å²) in [4.78, 5) is 32.6. The van der Waals surface area contributed by atoms with Crippen LogP contribution in [0.2, 0.25) is 0 Å². The van der Waals surface area contributed by atoms with Gasteiger partial charge in [-0.3, -0.25) is 4.79 Å². The highest BCUT2D eigenvalue weighted by atomic mass is 16.5. The highest BCUT2D eigenvalue weighted by Gasteiger charge is 2.24. The molecule has 7 nitrogen and oxygen atoms in total. The molecule has 0 aromatic rings. The van der Waals surface area contributed by atoms with Crippen LogP contribution in [0.15, 0.2) is 0 Å². The lowest BCUT2D eigenvalue weighted by Crippen LogP contribution is -2.49. The summed E-state index contributed by atoms with van der Waals surface area (Å²) < 4.78 is 4.50. The molecule has 0 fully saturated rings. The van der Waals surface area contributed by atoms with E-state index in [2.05, 4.69) is 15.4 Å². The largest absolute Gasteiger partial charge is 0.480 e. The monoisotopic (exact) mass is 232 g/mol. The van der Waals surface area contributed by atoms with Gasteiger partial charge in [0.2, 0.25) is 0 Å². The van der Waals surface area contributed by atoms with Gasteiger partial charge in [-0.05, 0) is 5.92 Å². The van der Waals surface area contributed by atoms with Gasteiger partial charge < -0.3 is 20.5 Å². The average molecular weight is 232 g/mol. The van der Waals surface area contributed by atoms with Crippen molar-refractivity contribution < 1.29 is 24.2 Å². The fraction of sp³-hybridized carbons (Fsp3) is 0.667. The van der Waals surface area contributed by atoms with Crippen LogP contribution in [-0.2, 0) is 14.3 Å². The van der Waals surface area contributed by atoms with Gasteiger partial charge in [0.25, 0.3) is 0 Å². The molecule has 0 spiro atoms. The zero-order chi connectivity index (χ0) is 12.7. The van der Waals surface area contributed by atoms with Gasteiger partial charge in [0.15, 0.2) is 0 Å². The number of hydrogen-bond acceptors (Lipinski definition) is 4. The Bertz CT molecular complexity index is 277. The molecule has 1 atom stereocenters. The number of hydrogen-bond donors (Lipinski definition) is 3. The Morgan fingerprint density at radius 3 is 2.25 bits per heavy atom. The SMILES string of the molecule is COC(=O)C(NC(=O)NCC(=O)O)C(C)C. The number of carbonyl (C=O) groups excluding carboxylic acids is 2. The number of carboxylic acid groups (broad SMARTS) is 1. The van der Waals surface area contributed by atoms with Crippen molar-refractivity contribution in [2.75, 3.05) is 13.7 Å². The molecule has 0 radical (unpaired) electrons. The Hall–Kier alpha value is -1.79. The van der Waals surface area contributed by atoms with Crippen LogP contribution >= 0.6 is 0 Å². The lowest BCUT2D eigenvalue weighted by atomic mass is 10.1. The fourth-order valence-electron chi connectivity index (χ4n) is 0.973. The summed E-state index contributed by atoms with van der Waals surface area (Å²) in [5.74, 6) is -1.88. The Balaban J connectivity index is 4.24. The van der Waals surface area contributed by atoms with Crippen molar-refractivity contribution in [3.63, 3.8) is 0 Å². The van der Waals surface area contributed by atoms with E-state index in [-0.39, 0.29) is 5.92 Å². The van der Waals surface area contributed by atoms with Crippen molar-refractivity contribution in [3.05, 3.63) is 0 Å². The van der Waals surface area contributed by atoms with E-state index in [1.807, 2.05) is 0 Å². The topological polar surface area (TPSA) is 105 Å². The van der Waals surface area contributed by atoms with Crippen molar-refractivity contribution in [2.24, 2.45) is 5.92 Å². The molecule has 2 amide bonds. The smallest absolute Gasteiger partial charge is 0.328 e. The lowest BCUT2D eigenvalue weighted by Gasteiger charge is -2.19. The van der Waals surface area contributed by atoms with Gasteiger partial charge in [0.05, 0.1) is 7.11 Å². The molecule has 16 heavy (non-hydrogen) atoms. The molecule has 0 saturated carbocycles. The average Bonchev–Trinajstić information content (AvgIpc) is 2.21. The summed E-state index contributed by atoms with van der Waals surface area (Å²) in [6.45, 7) is 2.97. The van der Waals surface area contributed by atoms with E-state index in [1.165, 1.54) is 7.11 Å². The van der Waals surface area contributed by atoms with Crippen molar-refractivity contribution in [1.29, 1.82) is 0 Å². The minimum Gasteiger partial charge on any atom is -0.480 e. The number of carbonyl (C=O) groups is 3. The van der Waals surface area contributed by atoms with Crippen molar-refractivity contribution in [3.8, 4) is 0 Å². The van der Waals surface area contributed by atoms with Crippen molar-refractivity contribution in [1.82, 2.24) is 10.6 Å². The molecular formula is C9H16N2O5. The minimum absolute atomic E-state index is 0.150. The highest BCUT2D eigenvalue weighted by Crippen LogP contribution is 2.02. The molecule has 0 rings (SSSR count). The van der Waals surface area contributed by atoms with Gasteiger partial charge in [0.1, 0.15) is 12.6 Å². The number of carboxylic acids is 1. The molecule has 0 heterocycles. The summed E-state index contributed by atoms with van der Waals surface area (Å²) in [5.41, 5.74) is 0. The van der Waals surface area contributed by atoms with Gasteiger partial charge in [0, 0.05) is 0 Å². The molecule has 3 N–H and O–H groups in total. The molecule has 0 aromatic carbocycles. The van der Waals surface area contributed by atoms with Crippen LogP contribution in [0.5, 0.6) is 0 Å². The number of nitrogens with one attached hydrogen (secondary N) is 2. The van der Waals surface area contributed by atoms with Crippen molar-refractivity contribution in [2.45, 2.75) is 19.9 Å². The molecule has 0 aromatic heterocycles. The standard InChI is InChI=1S/C9H16N2O5/c1-5(2)7(8(14)16-3)11-9(15)10-4-6(12)13/h5,7H,4H2,1-3H3,(H,12,13)(H2,10,11,15). The second-order valence-electron chi connectivity index (χ2n) is 3.47. The van der Waals surface area contributed by atoms with Crippen LogP contribution < -0.4 is 10.6 Å². The molecule has 0 aliphatic heterocycles. The summed E-state index contributed by atoms with van der Waals surface area (Å²) >= 11 is 0. The van der Waals surface area contributed by atoms with E-state index < -0.39 is 30.6 Å². The number of methoxy groups -OCH3 is 1. The van der Waals surface area contributed by atoms with Gasteiger partial charge in [-0.1, -0.05) is 13.8 Å². The minimum atomic E-state index is -1.16. The Labute approximate surface area is 93.2 Å². The second kappa shape index (κ2) is 6.65. The van der Waals surface area contributed by atoms with Gasteiger partial charge >= 0.3 is 18.0 Å². The zero-order valence-electron chi connectivity index (χ0n) is 9.44. The van der Waals surface area contributed by atoms with E-state index in [4.69, 9.17) is 5.11 Å². The van der Waals surface area contributed by atoms with Gasteiger partial charge in [-0.15, -0.1) is 0 Å². The summed E-state index contributed by atoms with van der Waals surface area (Å²) in [6, 6.07) is -1.51. The normalized spacial score (nSPS) is 11.8. The lowest BCUT2D eigenvalue weighted by molar-refractivity contribution is -0.144. The fourth-order valence-corrected chi connectivity index (χ4v) is 0.973. The first-order chi connectivity index (χ1) is 7.38. The van der Waals surface area contributed by atoms with Gasteiger partial charge in [-0.2, -0.15) is 0 Å². The molecule has 7 heteroatoms. The second-order valence-corrected chi connectivity index (χ2v) is 3.47. The third kappa shape index (κ3) is 5.18. The zero-order valence-corrected chi connectivity index (χ0v) is 9.44. The number of urea groups is 1. The quantitative estimate of drug-likeness (QED) is 0.558. The van der Waals surface area contributed by atoms with E-state index >= 15 is 0 Å². The predicted octanol–water partition coefficient (Wildman–Crippen LogP) is -0.432. The molecule has 1 unspecified atom stereocenters. The molecule has 0 saturated heterocycles. The van der Waals surface area contributed by atoms with Crippen LogP contribution in [0, 0.1) is 5.92 Å². The molecule has 0 bridgehead atoms. The highest BCUT2D eigenvalue weighted by molar-refractivity contribution is 5.85. The Morgan fingerprint density at radius 1 is 1.31 bits per heavy atom. The predicted molar refractivity (Wildman–Crippen MR) is 54.8 cm³/mol. The number of ether oxygens (including phenoxy) is 1. The summed E-state index contributed by atoms with van der Waals surface area (Å²) in [7, 11) is 1.22. The van der Waals surface area contributed by atoms with E-state index in [0.29, 0.717) is 0 Å². The van der Waals surface area contributed by atoms with E-state index in [0.717, 1.165) is 0 Å². The number of esters is 1. The van der Waals surface area contributed by atoms with E-state index in [9.17, 15) is 14.4 Å². The van der Waals surface area contributed by atoms with Gasteiger partial charge in [-0.25, -0.2) is 9.59 Å². The molecule has 92 valence electrons. The third-order valence-electron chi connectivity index (χ3n) is 1.81. The maximum absolute atomic E-state index is 11.2. The van der Waals surface area contributed by atoms with Crippen LogP contribution in [0.1, 0.15) is 13.8 Å². The Morgan fingerprint density at radius 2 is 1.88 bits per heavy atom. The number of rotatable bonds is 5. The van der Waals surface area contributed by atoms with Crippen LogP contribution in [-0.4, -0.2) is 42.8 Å². The maximum atomic E-state index is 11.2. The van der Waals surface area contributed by atoms with Crippen LogP contribution in [0.3, 0.4) is 0 Å². The summed E-state index contributed by atoms with van der Waals surface area (Å²) in [5, 5.41) is 12.8. The van der Waals surface area contributed by atoms with E-state index in [1.54, 1.807) is 13.8 Å². The first kappa shape index (κ1) is 14.2. The number of amides is 2. The third-order valence-corrected chi connectivity index (χ3v) is 1.81. The van der Waals surface area contributed by atoms with Crippen molar-refractivity contribution >= 4 is 18.0 Å². The van der Waals surface area contributed by atoms with Crippen LogP contribution in [0.25, 0.3) is 0 Å². The summed E-state index contributed by atoms with van der Waals surface area (Å²) in [6.07, 6.45) is 0. The first-order valence-corrected chi connectivity index (χ1v) is 4.72.